The number of allylic oxidation sites excluding steroid dienone is 2. The van der Waals surface area contributed by atoms with E-state index in [1.165, 1.54) is 17.1 Å². The number of pyridine rings is 1. The van der Waals surface area contributed by atoms with Crippen LogP contribution in [0, 0.1) is 5.82 Å². The summed E-state index contributed by atoms with van der Waals surface area (Å²) in [5.74, 6) is -8.32. The highest BCUT2D eigenvalue weighted by Crippen LogP contribution is 2.44. The van der Waals surface area contributed by atoms with Gasteiger partial charge < -0.3 is 36.3 Å². The van der Waals surface area contributed by atoms with Crippen molar-refractivity contribution < 1.29 is 53.4 Å². The number of nitrogens with one attached hydrogen (secondary N) is 1. The quantitative estimate of drug-likeness (QED) is 0.0423. The van der Waals surface area contributed by atoms with Crippen LogP contribution in [-0.2, 0) is 36.2 Å². The summed E-state index contributed by atoms with van der Waals surface area (Å²) in [6.45, 7) is 0.444. The average Bonchev–Trinajstić information content (AvgIpc) is 3.70. The number of phenols is 2. The van der Waals surface area contributed by atoms with Crippen molar-refractivity contribution in [2.45, 2.75) is 23.6 Å². The standard InChI is InChI=1S/C30H24FN7O9S2/c31-17-7-6-16(23(40)24(17)41)30(28(45)46,18-14-49-29(32)34-18)47-33-12-19(39)35-21-25(42)38-22(27(43)44)15(13-48-26(21)38)4-3-9-37-11-10-36-8-2-1-5-20(36)37/h1-8,10-12,14,21,26H,9,13H2,(H6-,32,33,34,35,39,40,41,43,44,45,46)/p+1. The van der Waals surface area contributed by atoms with Crippen molar-refractivity contribution in [3.05, 3.63) is 94.8 Å². The van der Waals surface area contributed by atoms with Crippen molar-refractivity contribution in [2.75, 3.05) is 11.5 Å². The number of aromatic hydroxyl groups is 2. The van der Waals surface area contributed by atoms with Crippen LogP contribution >= 0.6 is 23.1 Å². The van der Waals surface area contributed by atoms with Crippen LogP contribution < -0.4 is 15.6 Å². The summed E-state index contributed by atoms with van der Waals surface area (Å²) >= 11 is 2.04. The number of carbonyl (C=O) groups excluding carboxylic acids is 2. The highest BCUT2D eigenvalue weighted by atomic mass is 32.2. The predicted octanol–water partition coefficient (Wildman–Crippen LogP) is 1.14. The molecule has 16 nitrogen and oxygen atoms in total. The molecular weight excluding hydrogens is 686 g/mol. The lowest BCUT2D eigenvalue weighted by Gasteiger charge is -2.49. The van der Waals surface area contributed by atoms with Gasteiger partial charge in [-0.05, 0) is 29.8 Å². The first-order chi connectivity index (χ1) is 23.4. The molecule has 2 aliphatic heterocycles. The smallest absolute Gasteiger partial charge is 0.362 e. The fraction of sp³-hybridized carbons (Fsp3) is 0.167. The summed E-state index contributed by atoms with van der Waals surface area (Å²) in [7, 11) is 0. The molecule has 1 saturated heterocycles. The zero-order chi connectivity index (χ0) is 35.0. The molecule has 7 N–H and O–H groups in total. The molecule has 0 aliphatic carbocycles. The minimum Gasteiger partial charge on any atom is -0.504 e. The lowest BCUT2D eigenvalue weighted by atomic mass is 9.89. The van der Waals surface area contributed by atoms with E-state index in [0.29, 0.717) is 24.4 Å². The van der Waals surface area contributed by atoms with Gasteiger partial charge in [-0.3, -0.25) is 14.5 Å². The van der Waals surface area contributed by atoms with Gasteiger partial charge in [-0.25, -0.2) is 27.9 Å². The number of hydrogen-bond donors (Lipinski definition) is 6. The number of amides is 2. The molecule has 5 heterocycles. The predicted molar refractivity (Wildman–Crippen MR) is 171 cm³/mol. The number of nitrogens with two attached hydrogens (primary N) is 1. The third kappa shape index (κ3) is 5.78. The van der Waals surface area contributed by atoms with Crippen LogP contribution in [0.3, 0.4) is 0 Å². The number of rotatable bonds is 11. The molecule has 3 unspecified atom stereocenters. The van der Waals surface area contributed by atoms with E-state index in [9.17, 15) is 44.0 Å². The number of carbonyl (C=O) groups is 4. The molecular formula is C30H25FN7O9S2+. The normalized spacial score (nSPS) is 18.8. The number of oxime groups is 1. The number of nitrogens with zero attached hydrogens (tertiary/aromatic N) is 5. The molecule has 4 aromatic rings. The molecule has 3 atom stereocenters. The third-order valence-corrected chi connectivity index (χ3v) is 9.69. The molecule has 0 bridgehead atoms. The molecule has 252 valence electrons. The van der Waals surface area contributed by atoms with Crippen LogP contribution in [-0.4, -0.2) is 81.8 Å². The van der Waals surface area contributed by atoms with E-state index in [2.05, 4.69) is 15.5 Å². The number of imidazole rings is 1. The molecule has 0 spiro atoms. The third-order valence-electron chi connectivity index (χ3n) is 7.71. The minimum absolute atomic E-state index is 0.100. The largest absolute Gasteiger partial charge is 0.504 e. The molecule has 3 aromatic heterocycles. The Morgan fingerprint density at radius 1 is 1.20 bits per heavy atom. The number of anilines is 1. The summed E-state index contributed by atoms with van der Waals surface area (Å²) in [6, 6.07) is 6.09. The highest BCUT2D eigenvalue weighted by molar-refractivity contribution is 8.00. The molecule has 49 heavy (non-hydrogen) atoms. The Hall–Kier alpha value is -5.95. The maximum absolute atomic E-state index is 13.9. The van der Waals surface area contributed by atoms with Gasteiger partial charge >= 0.3 is 17.5 Å². The number of aromatic nitrogens is 3. The second-order valence-corrected chi connectivity index (χ2v) is 12.6. The lowest BCUT2D eigenvalue weighted by molar-refractivity contribution is -0.660. The van der Waals surface area contributed by atoms with E-state index in [0.717, 1.165) is 28.0 Å². The zero-order valence-electron chi connectivity index (χ0n) is 24.8. The highest BCUT2D eigenvalue weighted by Gasteiger charge is 2.54. The van der Waals surface area contributed by atoms with Crippen molar-refractivity contribution in [2.24, 2.45) is 5.16 Å². The van der Waals surface area contributed by atoms with Crippen molar-refractivity contribution >= 4 is 63.8 Å². The Kier molecular flexibility index (Phi) is 8.69. The van der Waals surface area contributed by atoms with Crippen LogP contribution in [0.15, 0.2) is 82.9 Å². The summed E-state index contributed by atoms with van der Waals surface area (Å²) in [6.07, 6.45) is 9.62. The topological polar surface area (TPSA) is 233 Å². The molecule has 1 fully saturated rings. The zero-order valence-corrected chi connectivity index (χ0v) is 26.5. The van der Waals surface area contributed by atoms with Crippen molar-refractivity contribution in [1.29, 1.82) is 0 Å². The number of phenolic OH excluding ortho intramolecular Hbond substituents is 2. The SMILES string of the molecule is Nc1nc(C(ON=CC(=O)NC2C(=O)N3C(C(=O)O)=C(C=CC[n+]4ccn5ccccc54)CSC23)(C(=O)O)c2ccc(F)c(O)c2O)cs1. The van der Waals surface area contributed by atoms with Crippen molar-refractivity contribution in [1.82, 2.24) is 19.6 Å². The van der Waals surface area contributed by atoms with E-state index in [1.807, 2.05) is 45.8 Å². The molecule has 2 aliphatic rings. The Morgan fingerprint density at radius 2 is 2.00 bits per heavy atom. The molecule has 6 rings (SSSR count). The number of nitrogen functional groups attached to an aromatic ring is 1. The molecule has 2 amide bonds. The number of hydrogen-bond acceptors (Lipinski definition) is 12. The number of thiazole rings is 1. The number of β-lactam (4-membered cyclic amide) rings is 1. The van der Waals surface area contributed by atoms with Gasteiger partial charge in [-0.2, -0.15) is 0 Å². The first-order valence-electron chi connectivity index (χ1n) is 14.1. The number of halogens is 1. The fourth-order valence-corrected chi connectivity index (χ4v) is 7.33. The summed E-state index contributed by atoms with van der Waals surface area (Å²) in [5, 5.41) is 46.7. The van der Waals surface area contributed by atoms with Gasteiger partial charge in [0, 0.05) is 17.2 Å². The lowest BCUT2D eigenvalue weighted by Crippen LogP contribution is -2.70. The second-order valence-electron chi connectivity index (χ2n) is 10.6. The number of carboxylic acid groups (broad SMARTS) is 2. The fourth-order valence-electron chi connectivity index (χ4n) is 5.41. The number of benzene rings is 1. The van der Waals surface area contributed by atoms with Gasteiger partial charge in [0.1, 0.15) is 48.0 Å². The van der Waals surface area contributed by atoms with Gasteiger partial charge in [0.2, 0.25) is 0 Å². The van der Waals surface area contributed by atoms with Crippen molar-refractivity contribution in [3.8, 4) is 11.5 Å². The van der Waals surface area contributed by atoms with E-state index < -0.39 is 69.3 Å². The number of carboxylic acids is 2. The van der Waals surface area contributed by atoms with Crippen LogP contribution in [0.1, 0.15) is 11.3 Å². The summed E-state index contributed by atoms with van der Waals surface area (Å²) in [5.41, 5.74) is 2.90. The van der Waals surface area contributed by atoms with Crippen molar-refractivity contribution in [3.63, 3.8) is 0 Å². The number of thioether (sulfide) groups is 1. The van der Waals surface area contributed by atoms with Crippen LogP contribution in [0.2, 0.25) is 0 Å². The second kappa shape index (κ2) is 12.9. The maximum Gasteiger partial charge on any atom is 0.362 e. The molecule has 0 radical (unpaired) electrons. The van der Waals surface area contributed by atoms with Crippen LogP contribution in [0.25, 0.3) is 5.65 Å². The average molecular weight is 711 g/mol. The number of fused-ring (bicyclic) bond motifs is 2. The maximum atomic E-state index is 13.9. The first kappa shape index (κ1) is 33.0. The van der Waals surface area contributed by atoms with Gasteiger partial charge in [0.15, 0.2) is 22.4 Å². The summed E-state index contributed by atoms with van der Waals surface area (Å²) < 4.78 is 17.8. The van der Waals surface area contributed by atoms with Gasteiger partial charge in [-0.15, -0.1) is 23.1 Å². The monoisotopic (exact) mass is 710 g/mol. The molecule has 0 saturated carbocycles. The van der Waals surface area contributed by atoms with E-state index in [1.54, 1.807) is 12.2 Å². The van der Waals surface area contributed by atoms with E-state index in [-0.39, 0.29) is 16.6 Å². The Labute approximate surface area is 282 Å². The molecule has 1 aromatic carbocycles. The van der Waals surface area contributed by atoms with Gasteiger partial charge in [-0.1, -0.05) is 17.3 Å². The summed E-state index contributed by atoms with van der Waals surface area (Å²) in [4.78, 5) is 61.0. The van der Waals surface area contributed by atoms with E-state index >= 15 is 0 Å². The Balaban J connectivity index is 1.17. The van der Waals surface area contributed by atoms with Crippen LogP contribution in [0.4, 0.5) is 9.52 Å². The Morgan fingerprint density at radius 3 is 2.71 bits per heavy atom. The number of aliphatic carboxylic acids is 2. The van der Waals surface area contributed by atoms with Gasteiger partial charge in [0.05, 0.1) is 11.8 Å². The Bertz CT molecular complexity index is 2110. The van der Waals surface area contributed by atoms with E-state index in [4.69, 9.17) is 10.6 Å². The van der Waals surface area contributed by atoms with Crippen LogP contribution in [0.5, 0.6) is 11.5 Å². The molecule has 19 heteroatoms. The first-order valence-corrected chi connectivity index (χ1v) is 16.1. The van der Waals surface area contributed by atoms with Gasteiger partial charge in [0.25, 0.3) is 17.5 Å². The minimum atomic E-state index is -2.80.